The molecule has 27 heavy (non-hydrogen) atoms. The number of nitrogens with one attached hydrogen (secondary N) is 2. The number of carbonyl (C=O) groups excluding carboxylic acids is 1. The van der Waals surface area contributed by atoms with Crippen molar-refractivity contribution in [1.82, 2.24) is 9.71 Å². The predicted molar refractivity (Wildman–Crippen MR) is 105 cm³/mol. The number of anilines is 1. The number of benzene rings is 2. The van der Waals surface area contributed by atoms with Gasteiger partial charge in [-0.1, -0.05) is 30.3 Å². The van der Waals surface area contributed by atoms with Crippen molar-refractivity contribution in [1.29, 1.82) is 0 Å². The number of hydrogen-bond donors (Lipinski definition) is 2. The lowest BCUT2D eigenvalue weighted by Gasteiger charge is -2.07. The van der Waals surface area contributed by atoms with Crippen LogP contribution in [0.2, 0.25) is 0 Å². The van der Waals surface area contributed by atoms with Crippen molar-refractivity contribution < 1.29 is 13.2 Å². The first-order valence-electron chi connectivity index (χ1n) is 8.43. The number of hydrogen-bond acceptors (Lipinski definition) is 5. The van der Waals surface area contributed by atoms with Crippen LogP contribution in [0, 0.1) is 0 Å². The minimum atomic E-state index is -3.63. The van der Waals surface area contributed by atoms with Gasteiger partial charge in [0.05, 0.1) is 17.0 Å². The monoisotopic (exact) mass is 399 g/mol. The van der Waals surface area contributed by atoms with E-state index in [2.05, 4.69) is 15.0 Å². The quantitative estimate of drug-likeness (QED) is 0.667. The van der Waals surface area contributed by atoms with Gasteiger partial charge in [0.1, 0.15) is 5.01 Å². The number of aromatic nitrogens is 1. The van der Waals surface area contributed by atoms with Crippen LogP contribution in [0.15, 0.2) is 58.8 Å². The summed E-state index contributed by atoms with van der Waals surface area (Å²) in [4.78, 5) is 16.1. The van der Waals surface area contributed by atoms with Crippen LogP contribution in [0.25, 0.3) is 10.6 Å². The smallest absolute Gasteiger partial charge is 0.240 e. The summed E-state index contributed by atoms with van der Waals surface area (Å²) in [6, 6.07) is 14.6. The maximum absolute atomic E-state index is 12.5. The Hall–Kier alpha value is -2.55. The summed E-state index contributed by atoms with van der Waals surface area (Å²) in [6.45, 7) is 0.258. The second kappa shape index (κ2) is 7.22. The minimum Gasteiger partial charge on any atom is -0.326 e. The molecule has 1 aliphatic rings. The zero-order chi connectivity index (χ0) is 18.9. The average Bonchev–Trinajstić information content (AvgIpc) is 3.27. The number of nitrogens with zero attached hydrogens (tertiary/aromatic N) is 1. The average molecular weight is 399 g/mol. The van der Waals surface area contributed by atoms with E-state index < -0.39 is 10.0 Å². The molecule has 8 heteroatoms. The fourth-order valence-corrected chi connectivity index (χ4v) is 4.85. The topological polar surface area (TPSA) is 88.2 Å². The molecule has 2 aromatic carbocycles. The number of carbonyl (C=O) groups is 1. The number of sulfonamides is 1. The second-order valence-corrected chi connectivity index (χ2v) is 8.83. The standard InChI is InChI=1S/C19H17N3O3S2/c23-18-11-14-10-16(6-7-17(14)22-18)27(24,25)20-9-8-15-12-26-19(21-15)13-4-2-1-3-5-13/h1-7,10,12,20H,8-9,11H2,(H,22,23). The molecule has 0 unspecified atom stereocenters. The summed E-state index contributed by atoms with van der Waals surface area (Å²) in [5.74, 6) is -0.120. The molecule has 0 saturated heterocycles. The third-order valence-corrected chi connectivity index (χ3v) is 6.66. The van der Waals surface area contributed by atoms with Crippen molar-refractivity contribution in [2.45, 2.75) is 17.7 Å². The number of rotatable bonds is 6. The van der Waals surface area contributed by atoms with Crippen molar-refractivity contribution in [3.05, 3.63) is 65.2 Å². The Balaban J connectivity index is 1.40. The van der Waals surface area contributed by atoms with Crippen LogP contribution in [0.5, 0.6) is 0 Å². The van der Waals surface area contributed by atoms with Crippen molar-refractivity contribution in [3.8, 4) is 10.6 Å². The van der Waals surface area contributed by atoms with Crippen LogP contribution < -0.4 is 10.0 Å². The molecule has 0 bridgehead atoms. The second-order valence-electron chi connectivity index (χ2n) is 6.20. The molecule has 6 nitrogen and oxygen atoms in total. The molecule has 1 amide bonds. The van der Waals surface area contributed by atoms with Gasteiger partial charge in [0, 0.05) is 29.6 Å². The van der Waals surface area contributed by atoms with E-state index in [0.29, 0.717) is 17.7 Å². The van der Waals surface area contributed by atoms with Gasteiger partial charge in [0.2, 0.25) is 15.9 Å². The van der Waals surface area contributed by atoms with Crippen LogP contribution >= 0.6 is 11.3 Å². The van der Waals surface area contributed by atoms with Crippen LogP contribution in [0.3, 0.4) is 0 Å². The Morgan fingerprint density at radius 3 is 2.78 bits per heavy atom. The molecule has 0 spiro atoms. The third kappa shape index (κ3) is 3.92. The van der Waals surface area contributed by atoms with Crippen molar-refractivity contribution >= 4 is 33.0 Å². The summed E-state index contributed by atoms with van der Waals surface area (Å²) < 4.78 is 27.6. The van der Waals surface area contributed by atoms with Crippen LogP contribution in [0.1, 0.15) is 11.3 Å². The van der Waals surface area contributed by atoms with Gasteiger partial charge >= 0.3 is 0 Å². The lowest BCUT2D eigenvalue weighted by molar-refractivity contribution is -0.115. The van der Waals surface area contributed by atoms with Crippen molar-refractivity contribution in [3.63, 3.8) is 0 Å². The van der Waals surface area contributed by atoms with E-state index in [1.54, 1.807) is 23.5 Å². The molecule has 0 saturated carbocycles. The SMILES string of the molecule is O=C1Cc2cc(S(=O)(=O)NCCc3csc(-c4ccccc4)n3)ccc2N1. The first-order valence-corrected chi connectivity index (χ1v) is 10.8. The molecule has 4 rings (SSSR count). The van der Waals surface area contributed by atoms with Crippen LogP contribution in [-0.2, 0) is 27.7 Å². The first kappa shape index (κ1) is 17.8. The maximum atomic E-state index is 12.5. The van der Waals surface area contributed by atoms with Gasteiger partial charge in [-0.2, -0.15) is 0 Å². The highest BCUT2D eigenvalue weighted by Crippen LogP contribution is 2.26. The molecular formula is C19H17N3O3S2. The largest absolute Gasteiger partial charge is 0.326 e. The van der Waals surface area contributed by atoms with Gasteiger partial charge in [0.15, 0.2) is 0 Å². The molecule has 2 N–H and O–H groups in total. The summed E-state index contributed by atoms with van der Waals surface area (Å²) in [7, 11) is -3.63. The molecule has 3 aromatic rings. The molecule has 2 heterocycles. The van der Waals surface area contributed by atoms with E-state index >= 15 is 0 Å². The fourth-order valence-electron chi connectivity index (χ4n) is 2.90. The summed E-state index contributed by atoms with van der Waals surface area (Å²) in [5, 5.41) is 5.56. The normalized spacial score (nSPS) is 13.4. The van der Waals surface area contributed by atoms with Crippen LogP contribution in [-0.4, -0.2) is 25.9 Å². The zero-order valence-corrected chi connectivity index (χ0v) is 15.9. The summed E-state index contributed by atoms with van der Waals surface area (Å²) in [5.41, 5.74) is 3.28. The number of amides is 1. The summed E-state index contributed by atoms with van der Waals surface area (Å²) in [6.07, 6.45) is 0.716. The summed E-state index contributed by atoms with van der Waals surface area (Å²) >= 11 is 1.54. The number of fused-ring (bicyclic) bond motifs is 1. The molecule has 1 aromatic heterocycles. The highest BCUT2D eigenvalue weighted by molar-refractivity contribution is 7.89. The third-order valence-electron chi connectivity index (χ3n) is 4.26. The Morgan fingerprint density at radius 1 is 1.15 bits per heavy atom. The van der Waals surface area contributed by atoms with Crippen molar-refractivity contribution in [2.24, 2.45) is 0 Å². The lowest BCUT2D eigenvalue weighted by atomic mass is 10.2. The van der Waals surface area contributed by atoms with Gasteiger partial charge in [-0.3, -0.25) is 4.79 Å². The molecule has 0 fully saturated rings. The van der Waals surface area contributed by atoms with E-state index in [-0.39, 0.29) is 23.8 Å². The predicted octanol–water partition coefficient (Wildman–Crippen LogP) is 2.83. The van der Waals surface area contributed by atoms with E-state index in [1.165, 1.54) is 6.07 Å². The molecule has 138 valence electrons. The van der Waals surface area contributed by atoms with E-state index in [0.717, 1.165) is 16.3 Å². The van der Waals surface area contributed by atoms with Gasteiger partial charge in [-0.15, -0.1) is 11.3 Å². The van der Waals surface area contributed by atoms with Gasteiger partial charge < -0.3 is 5.32 Å². The van der Waals surface area contributed by atoms with E-state index in [9.17, 15) is 13.2 Å². The highest BCUT2D eigenvalue weighted by atomic mass is 32.2. The Labute approximate surface area is 161 Å². The molecule has 0 aliphatic carbocycles. The Morgan fingerprint density at radius 2 is 1.96 bits per heavy atom. The van der Waals surface area contributed by atoms with E-state index in [1.807, 2.05) is 35.7 Å². The fraction of sp³-hybridized carbons (Fsp3) is 0.158. The maximum Gasteiger partial charge on any atom is 0.240 e. The van der Waals surface area contributed by atoms with E-state index in [4.69, 9.17) is 0 Å². The molecular weight excluding hydrogens is 382 g/mol. The highest BCUT2D eigenvalue weighted by Gasteiger charge is 2.21. The Kier molecular flexibility index (Phi) is 4.77. The van der Waals surface area contributed by atoms with Gasteiger partial charge in [0.25, 0.3) is 0 Å². The van der Waals surface area contributed by atoms with Crippen molar-refractivity contribution in [2.75, 3.05) is 11.9 Å². The van der Waals surface area contributed by atoms with Gasteiger partial charge in [-0.25, -0.2) is 18.1 Å². The molecule has 0 atom stereocenters. The molecule has 1 aliphatic heterocycles. The first-order chi connectivity index (χ1) is 13.0. The minimum absolute atomic E-state index is 0.120. The zero-order valence-electron chi connectivity index (χ0n) is 14.3. The van der Waals surface area contributed by atoms with Crippen LogP contribution in [0.4, 0.5) is 5.69 Å². The molecule has 0 radical (unpaired) electrons. The Bertz CT molecular complexity index is 1090. The van der Waals surface area contributed by atoms with Gasteiger partial charge in [-0.05, 0) is 23.8 Å². The number of thiazole rings is 1. The lowest BCUT2D eigenvalue weighted by Crippen LogP contribution is -2.26.